The van der Waals surface area contributed by atoms with E-state index in [-0.39, 0.29) is 62.4 Å². The minimum Gasteiger partial charge on any atom is -0.545 e. The molecule has 0 amide bonds. The number of hydrogen-bond donors (Lipinski definition) is 2. The van der Waals surface area contributed by atoms with Crippen molar-refractivity contribution in [2.75, 3.05) is 6.54 Å². The number of halogens is 2. The van der Waals surface area contributed by atoms with E-state index in [1.54, 1.807) is 0 Å². The predicted molar refractivity (Wildman–Crippen MR) is 91.0 cm³/mol. The zero-order valence-corrected chi connectivity index (χ0v) is 18.1. The molecule has 0 radical (unpaired) electrons. The fraction of sp³-hybridized carbons (Fsp3) is 0.0625. The molecule has 11 heteroatoms. The van der Waals surface area contributed by atoms with Crippen molar-refractivity contribution in [1.29, 1.82) is 5.26 Å². The number of carbonyl (C=O) groups excluding carboxylic acids is 1. The Morgan fingerprint density at radius 3 is 2.59 bits per heavy atom. The number of aromatic carboxylic acids is 1. The van der Waals surface area contributed by atoms with Crippen molar-refractivity contribution in [2.24, 2.45) is 0 Å². The minimum absolute atomic E-state index is 0. The van der Waals surface area contributed by atoms with Gasteiger partial charge in [-0.15, -0.1) is 5.48 Å². The average Bonchev–Trinajstić information content (AvgIpc) is 2.58. The SMILES string of the molecule is N#Cc1cc(Cl)ccc1Oc1cc(ONCC(=O)O)c(Br)c(C(=O)[O-])c1.[Na+]. The van der Waals surface area contributed by atoms with E-state index in [1.807, 2.05) is 6.07 Å². The summed E-state index contributed by atoms with van der Waals surface area (Å²) in [5.41, 5.74) is 2.01. The summed E-state index contributed by atoms with van der Waals surface area (Å²) in [5.74, 6) is -2.56. The van der Waals surface area contributed by atoms with E-state index in [1.165, 1.54) is 30.3 Å². The van der Waals surface area contributed by atoms with Gasteiger partial charge in [-0.05, 0) is 40.2 Å². The van der Waals surface area contributed by atoms with Crippen LogP contribution in [0.4, 0.5) is 0 Å². The third-order valence-corrected chi connectivity index (χ3v) is 3.98. The van der Waals surface area contributed by atoms with Crippen molar-refractivity contribution in [3.63, 3.8) is 0 Å². The van der Waals surface area contributed by atoms with Crippen molar-refractivity contribution in [1.82, 2.24) is 5.48 Å². The number of carboxylic acids is 2. The fourth-order valence-corrected chi connectivity index (χ4v) is 2.48. The van der Waals surface area contributed by atoms with Crippen molar-refractivity contribution >= 4 is 39.5 Å². The maximum absolute atomic E-state index is 11.3. The second-order valence-electron chi connectivity index (χ2n) is 4.74. The monoisotopic (exact) mass is 462 g/mol. The summed E-state index contributed by atoms with van der Waals surface area (Å²) >= 11 is 8.87. The average molecular weight is 464 g/mol. The predicted octanol–water partition coefficient (Wildman–Crippen LogP) is -0.898. The van der Waals surface area contributed by atoms with Crippen LogP contribution in [0.1, 0.15) is 15.9 Å². The van der Waals surface area contributed by atoms with Crippen molar-refractivity contribution in [3.8, 4) is 23.3 Å². The summed E-state index contributed by atoms with van der Waals surface area (Å²) in [4.78, 5) is 26.9. The van der Waals surface area contributed by atoms with Gasteiger partial charge in [-0.2, -0.15) is 5.26 Å². The summed E-state index contributed by atoms with van der Waals surface area (Å²) in [5, 5.41) is 29.4. The van der Waals surface area contributed by atoms with Gasteiger partial charge in [-0.3, -0.25) is 4.79 Å². The van der Waals surface area contributed by atoms with Gasteiger partial charge in [0.05, 0.1) is 16.0 Å². The van der Waals surface area contributed by atoms with Gasteiger partial charge in [-0.25, -0.2) is 0 Å². The van der Waals surface area contributed by atoms with Gasteiger partial charge in [-0.1, -0.05) is 11.6 Å². The molecule has 27 heavy (non-hydrogen) atoms. The second-order valence-corrected chi connectivity index (χ2v) is 5.97. The zero-order chi connectivity index (χ0) is 19.3. The molecule has 2 aromatic rings. The number of rotatable bonds is 7. The molecule has 0 bridgehead atoms. The number of nitrogens with zero attached hydrogens (tertiary/aromatic N) is 1. The van der Waals surface area contributed by atoms with Gasteiger partial charge in [0.15, 0.2) is 5.75 Å². The van der Waals surface area contributed by atoms with Gasteiger partial charge in [0.2, 0.25) is 0 Å². The normalized spacial score (nSPS) is 9.67. The number of hydroxylamine groups is 1. The van der Waals surface area contributed by atoms with Crippen LogP contribution in [0.3, 0.4) is 0 Å². The molecule has 0 aliphatic heterocycles. The Morgan fingerprint density at radius 1 is 1.30 bits per heavy atom. The number of nitriles is 1. The fourth-order valence-electron chi connectivity index (χ4n) is 1.84. The molecule has 0 saturated carbocycles. The van der Waals surface area contributed by atoms with Crippen LogP contribution in [-0.2, 0) is 4.79 Å². The van der Waals surface area contributed by atoms with E-state index in [2.05, 4.69) is 21.4 Å². The Morgan fingerprint density at radius 2 is 2.00 bits per heavy atom. The number of carbonyl (C=O) groups is 2. The smallest absolute Gasteiger partial charge is 0.545 e. The molecule has 2 N–H and O–H groups in total. The molecule has 0 aliphatic rings. The maximum Gasteiger partial charge on any atom is 1.00 e. The standard InChI is InChI=1S/C16H10BrClN2O6.Na/c17-15-11(16(23)24)4-10(5-13(15)26-20-7-14(21)22)25-12-2-1-9(18)3-8(12)6-19;/h1-5,20H,7H2,(H,21,22)(H,23,24);/q;+1/p-1. The molecule has 0 fully saturated rings. The molecular weight excluding hydrogens is 455 g/mol. The molecule has 0 saturated heterocycles. The van der Waals surface area contributed by atoms with Crippen LogP contribution in [0.5, 0.6) is 17.2 Å². The molecule has 0 heterocycles. The number of hydrogen-bond acceptors (Lipinski definition) is 7. The Hall–Kier alpha value is -1.80. The first-order valence-corrected chi connectivity index (χ1v) is 8.02. The number of nitrogens with one attached hydrogen (secondary N) is 1. The topological polar surface area (TPSA) is 132 Å². The molecule has 0 spiro atoms. The first kappa shape index (κ1) is 23.2. The number of benzene rings is 2. The zero-order valence-electron chi connectivity index (χ0n) is 13.8. The van der Waals surface area contributed by atoms with Crippen LogP contribution >= 0.6 is 27.5 Å². The maximum atomic E-state index is 11.3. The van der Waals surface area contributed by atoms with Crippen molar-refractivity contribution in [3.05, 3.63) is 51.0 Å². The van der Waals surface area contributed by atoms with E-state index in [0.29, 0.717) is 5.02 Å². The molecule has 2 aromatic carbocycles. The van der Waals surface area contributed by atoms with Gasteiger partial charge in [0.1, 0.15) is 24.1 Å². The molecule has 0 aliphatic carbocycles. The Labute approximate surface area is 189 Å². The van der Waals surface area contributed by atoms with Crippen LogP contribution in [0.15, 0.2) is 34.8 Å². The Bertz CT molecular complexity index is 919. The van der Waals surface area contributed by atoms with E-state index in [0.717, 1.165) is 0 Å². The van der Waals surface area contributed by atoms with Crippen molar-refractivity contribution < 1.29 is 58.9 Å². The van der Waals surface area contributed by atoms with Gasteiger partial charge in [0.25, 0.3) is 0 Å². The first-order valence-electron chi connectivity index (χ1n) is 6.85. The summed E-state index contributed by atoms with van der Waals surface area (Å²) in [6, 6.07) is 8.72. The summed E-state index contributed by atoms with van der Waals surface area (Å²) in [6.45, 7) is -0.520. The quantitative estimate of drug-likeness (QED) is 0.399. The molecule has 0 unspecified atom stereocenters. The number of carboxylic acid groups (broad SMARTS) is 2. The van der Waals surface area contributed by atoms with E-state index < -0.39 is 18.5 Å². The van der Waals surface area contributed by atoms with Crippen LogP contribution < -0.4 is 49.7 Å². The molecule has 0 aromatic heterocycles. The van der Waals surface area contributed by atoms with E-state index >= 15 is 0 Å². The largest absolute Gasteiger partial charge is 1.00 e. The number of aliphatic carboxylic acids is 1. The first-order chi connectivity index (χ1) is 12.3. The number of ether oxygens (including phenoxy) is 1. The van der Waals surface area contributed by atoms with Crippen LogP contribution in [0.25, 0.3) is 0 Å². The second kappa shape index (κ2) is 10.5. The van der Waals surface area contributed by atoms with E-state index in [9.17, 15) is 14.7 Å². The van der Waals surface area contributed by atoms with Crippen molar-refractivity contribution in [2.45, 2.75) is 0 Å². The van der Waals surface area contributed by atoms with Crippen LogP contribution in [0.2, 0.25) is 5.02 Å². The van der Waals surface area contributed by atoms with Gasteiger partial charge in [0, 0.05) is 16.7 Å². The minimum atomic E-state index is -1.51. The Balaban J connectivity index is 0.00000364. The van der Waals surface area contributed by atoms with Gasteiger partial charge >= 0.3 is 35.5 Å². The Kier molecular flexibility index (Phi) is 9.05. The van der Waals surface area contributed by atoms with Crippen LogP contribution in [-0.4, -0.2) is 23.6 Å². The van der Waals surface area contributed by atoms with Crippen LogP contribution in [0, 0.1) is 11.3 Å². The molecule has 8 nitrogen and oxygen atoms in total. The molecular formula is C16H9BrClN2NaO6. The summed E-state index contributed by atoms with van der Waals surface area (Å²) in [6.07, 6.45) is 0. The molecule has 134 valence electrons. The summed E-state index contributed by atoms with van der Waals surface area (Å²) in [7, 11) is 0. The third kappa shape index (κ3) is 6.39. The molecule has 0 atom stereocenters. The summed E-state index contributed by atoms with van der Waals surface area (Å²) < 4.78 is 5.58. The van der Waals surface area contributed by atoms with E-state index in [4.69, 9.17) is 31.5 Å². The van der Waals surface area contributed by atoms with Gasteiger partial charge < -0.3 is 24.6 Å². The molecule has 2 rings (SSSR count). The third-order valence-electron chi connectivity index (χ3n) is 2.93.